The minimum atomic E-state index is -0.857. The molecular weight excluding hydrogens is 839 g/mol. The number of rotatable bonds is 55. The maximum Gasteiger partial charge on any atom is 0.305 e. The van der Waals surface area contributed by atoms with Crippen LogP contribution in [0.25, 0.3) is 0 Å². The third-order valence-corrected chi connectivity index (χ3v) is 13.6. The van der Waals surface area contributed by atoms with E-state index < -0.39 is 12.1 Å². The number of unbranched alkanes of at least 4 members (excludes halogenated alkanes) is 38. The second-order valence-corrected chi connectivity index (χ2v) is 20.3. The molecule has 0 aliphatic rings. The van der Waals surface area contributed by atoms with Gasteiger partial charge in [-0.05, 0) is 83.5 Å². The number of amides is 1. The summed E-state index contributed by atoms with van der Waals surface area (Å²) in [4.78, 5) is 24.5. The van der Waals surface area contributed by atoms with Crippen molar-refractivity contribution in [3.63, 3.8) is 0 Å². The van der Waals surface area contributed by atoms with Gasteiger partial charge in [0.05, 0.1) is 25.4 Å². The van der Waals surface area contributed by atoms with E-state index in [2.05, 4.69) is 55.6 Å². The van der Waals surface area contributed by atoms with Gasteiger partial charge in [0.25, 0.3) is 0 Å². The van der Waals surface area contributed by atoms with Crippen LogP contribution in [-0.4, -0.2) is 47.4 Å². The minimum Gasteiger partial charge on any atom is -0.466 e. The summed E-state index contributed by atoms with van der Waals surface area (Å²) < 4.78 is 5.45. The first-order chi connectivity index (χ1) is 33.5. The van der Waals surface area contributed by atoms with Gasteiger partial charge < -0.3 is 20.3 Å². The second kappa shape index (κ2) is 57.4. The lowest BCUT2D eigenvalue weighted by Crippen LogP contribution is -2.45. The van der Waals surface area contributed by atoms with E-state index in [0.29, 0.717) is 19.4 Å². The van der Waals surface area contributed by atoms with E-state index in [0.717, 1.165) is 83.5 Å². The number of carbonyl (C=O) groups excluding carboxylic acids is 2. The van der Waals surface area contributed by atoms with E-state index in [9.17, 15) is 19.8 Å². The molecule has 0 saturated carbocycles. The number of allylic oxidation sites excluding steroid dienone is 7. The lowest BCUT2D eigenvalue weighted by Gasteiger charge is -2.20. The molecule has 0 saturated heterocycles. The Morgan fingerprint density at radius 3 is 1.18 bits per heavy atom. The zero-order valence-electron chi connectivity index (χ0n) is 45.3. The highest BCUT2D eigenvalue weighted by atomic mass is 16.5. The summed E-state index contributed by atoms with van der Waals surface area (Å²) in [5, 5.41) is 23.2. The molecule has 0 spiro atoms. The molecule has 0 aromatic rings. The van der Waals surface area contributed by atoms with Gasteiger partial charge in [0, 0.05) is 12.8 Å². The fourth-order valence-corrected chi connectivity index (χ4v) is 8.94. The fourth-order valence-electron chi connectivity index (χ4n) is 8.94. The number of hydrogen-bond acceptors (Lipinski definition) is 5. The Kier molecular flexibility index (Phi) is 55.6. The molecule has 6 heteroatoms. The van der Waals surface area contributed by atoms with Crippen LogP contribution < -0.4 is 5.32 Å². The number of aliphatic hydroxyl groups excluding tert-OH is 2. The monoisotopic (exact) mass is 954 g/mol. The van der Waals surface area contributed by atoms with Gasteiger partial charge in [0.2, 0.25) is 5.91 Å². The summed E-state index contributed by atoms with van der Waals surface area (Å²) in [6.07, 6.45) is 72.8. The van der Waals surface area contributed by atoms with Crippen LogP contribution in [0.4, 0.5) is 0 Å². The lowest BCUT2D eigenvalue weighted by atomic mass is 10.0. The summed E-state index contributed by atoms with van der Waals surface area (Å²) in [5.41, 5.74) is 0. The van der Waals surface area contributed by atoms with Crippen molar-refractivity contribution in [3.8, 4) is 0 Å². The zero-order chi connectivity index (χ0) is 49.3. The minimum absolute atomic E-state index is 0.0260. The van der Waals surface area contributed by atoms with Crippen molar-refractivity contribution in [1.29, 1.82) is 0 Å². The van der Waals surface area contributed by atoms with E-state index in [1.165, 1.54) is 199 Å². The number of ether oxygens (including phenoxy) is 1. The number of carbonyl (C=O) groups is 2. The molecule has 1 amide bonds. The Labute approximate surface area is 423 Å². The molecule has 2 atom stereocenters. The summed E-state index contributed by atoms with van der Waals surface area (Å²) in [5.74, 6) is -0.108. The average molecular weight is 955 g/mol. The van der Waals surface area contributed by atoms with Crippen LogP contribution in [0, 0.1) is 0 Å². The largest absolute Gasteiger partial charge is 0.466 e. The van der Waals surface area contributed by atoms with Gasteiger partial charge in [-0.1, -0.05) is 262 Å². The Hall–Kier alpha value is -2.18. The van der Waals surface area contributed by atoms with Gasteiger partial charge in [-0.3, -0.25) is 9.59 Å². The zero-order valence-corrected chi connectivity index (χ0v) is 45.3. The molecule has 0 aromatic carbocycles. The van der Waals surface area contributed by atoms with Crippen LogP contribution >= 0.6 is 0 Å². The van der Waals surface area contributed by atoms with Crippen LogP contribution in [0.3, 0.4) is 0 Å². The molecule has 2 unspecified atom stereocenters. The Balaban J connectivity index is 3.52. The van der Waals surface area contributed by atoms with Gasteiger partial charge in [0.15, 0.2) is 0 Å². The molecule has 0 aromatic heterocycles. The summed E-state index contributed by atoms with van der Waals surface area (Å²) in [6.45, 7) is 4.83. The fraction of sp³-hybridized carbons (Fsp3) is 0.839. The molecule has 398 valence electrons. The van der Waals surface area contributed by atoms with Gasteiger partial charge in [-0.15, -0.1) is 0 Å². The molecule has 3 N–H and O–H groups in total. The molecule has 0 bridgehead atoms. The highest BCUT2D eigenvalue weighted by Crippen LogP contribution is 2.16. The Bertz CT molecular complexity index is 1150. The Morgan fingerprint density at radius 1 is 0.412 bits per heavy atom. The van der Waals surface area contributed by atoms with E-state index in [1.807, 2.05) is 6.08 Å². The summed E-state index contributed by atoms with van der Waals surface area (Å²) in [7, 11) is 0. The smallest absolute Gasteiger partial charge is 0.305 e. The highest BCUT2D eigenvalue weighted by molar-refractivity contribution is 5.76. The molecule has 0 heterocycles. The topological polar surface area (TPSA) is 95.9 Å². The maximum absolute atomic E-state index is 12.5. The third kappa shape index (κ3) is 53.2. The van der Waals surface area contributed by atoms with Gasteiger partial charge in [-0.25, -0.2) is 0 Å². The molecule has 0 fully saturated rings. The van der Waals surface area contributed by atoms with Crippen molar-refractivity contribution in [2.45, 2.75) is 321 Å². The van der Waals surface area contributed by atoms with Crippen LogP contribution in [0.15, 0.2) is 48.6 Å². The number of aliphatic hydroxyl groups is 2. The Morgan fingerprint density at radius 2 is 0.750 bits per heavy atom. The molecule has 0 aliphatic carbocycles. The first kappa shape index (κ1) is 65.8. The van der Waals surface area contributed by atoms with Crippen LogP contribution in [0.1, 0.15) is 309 Å². The summed E-state index contributed by atoms with van der Waals surface area (Å²) >= 11 is 0. The number of esters is 1. The van der Waals surface area contributed by atoms with Crippen LogP contribution in [0.2, 0.25) is 0 Å². The van der Waals surface area contributed by atoms with Crippen molar-refractivity contribution in [1.82, 2.24) is 5.32 Å². The molecule has 68 heavy (non-hydrogen) atoms. The molecule has 0 aliphatic heterocycles. The first-order valence-electron chi connectivity index (χ1n) is 29.9. The predicted octanol–water partition coefficient (Wildman–Crippen LogP) is 18.6. The number of nitrogens with one attached hydrogen (secondary N) is 1. The third-order valence-electron chi connectivity index (χ3n) is 13.6. The van der Waals surface area contributed by atoms with Gasteiger partial charge in [-0.2, -0.15) is 0 Å². The lowest BCUT2D eigenvalue weighted by molar-refractivity contribution is -0.143. The highest BCUT2D eigenvalue weighted by Gasteiger charge is 2.18. The normalized spacial score (nSPS) is 12.9. The first-order valence-corrected chi connectivity index (χ1v) is 29.9. The molecule has 0 radical (unpaired) electrons. The van der Waals surface area contributed by atoms with E-state index in [1.54, 1.807) is 6.08 Å². The summed E-state index contributed by atoms with van der Waals surface area (Å²) in [6, 6.07) is -0.642. The van der Waals surface area contributed by atoms with Gasteiger partial charge >= 0.3 is 5.97 Å². The molecular formula is C62H115NO5. The van der Waals surface area contributed by atoms with Gasteiger partial charge in [0.1, 0.15) is 0 Å². The van der Waals surface area contributed by atoms with Crippen molar-refractivity contribution in [3.05, 3.63) is 48.6 Å². The number of hydrogen-bond donors (Lipinski definition) is 3. The average Bonchev–Trinajstić information content (AvgIpc) is 3.34. The molecule has 6 nitrogen and oxygen atoms in total. The van der Waals surface area contributed by atoms with E-state index in [-0.39, 0.29) is 18.5 Å². The van der Waals surface area contributed by atoms with Crippen molar-refractivity contribution in [2.24, 2.45) is 0 Å². The quantitative estimate of drug-likeness (QED) is 0.0321. The van der Waals surface area contributed by atoms with Crippen molar-refractivity contribution < 1.29 is 24.5 Å². The van der Waals surface area contributed by atoms with E-state index in [4.69, 9.17) is 4.74 Å². The van der Waals surface area contributed by atoms with Crippen LogP contribution in [-0.2, 0) is 14.3 Å². The van der Waals surface area contributed by atoms with E-state index >= 15 is 0 Å². The van der Waals surface area contributed by atoms with Crippen LogP contribution in [0.5, 0.6) is 0 Å². The standard InChI is InChI=1S/C62H115NO5/c1-3-5-7-9-11-13-15-17-19-20-21-22-23-24-25-27-30-34-38-42-46-50-54-60(65)59(58-64)63-61(66)55-51-47-43-39-35-31-28-26-29-33-37-41-45-49-53-57-68-62(67)56-52-48-44-40-36-32-18-16-14-12-10-8-6-4-2/h10,12,16,18,29,33,50,54,59-60,64-65H,3-9,11,13-15,17,19-28,30-32,34-49,51-53,55-58H2,1-2H3,(H,63,66)/b12-10-,18-16-,33-29-,54-50+. The van der Waals surface area contributed by atoms with Crippen molar-refractivity contribution >= 4 is 11.9 Å². The molecule has 0 rings (SSSR count). The predicted molar refractivity (Wildman–Crippen MR) is 296 cm³/mol. The SMILES string of the molecule is CCCC/C=C\C/C=C\CCCCCCCC(=O)OCCCCCC/C=C\CCCCCCCCCC(=O)NC(CO)C(O)/C=C/CCCCCCCCCCCCCCCCCCCCCC. The second-order valence-electron chi connectivity index (χ2n) is 20.3. The maximum atomic E-state index is 12.5. The van der Waals surface area contributed by atoms with Crippen molar-refractivity contribution in [2.75, 3.05) is 13.2 Å².